The van der Waals surface area contributed by atoms with Crippen LogP contribution in [0.15, 0.2) is 18.2 Å². The predicted octanol–water partition coefficient (Wildman–Crippen LogP) is 4.91. The van der Waals surface area contributed by atoms with Crippen LogP contribution in [0, 0.1) is 12.7 Å². The van der Waals surface area contributed by atoms with Gasteiger partial charge in [-0.3, -0.25) is 14.5 Å². The minimum atomic E-state index is -0.465. The predicted molar refractivity (Wildman–Crippen MR) is 120 cm³/mol. The van der Waals surface area contributed by atoms with Crippen molar-refractivity contribution in [3.63, 3.8) is 0 Å². The van der Waals surface area contributed by atoms with E-state index in [1.165, 1.54) is 41.2 Å². The van der Waals surface area contributed by atoms with E-state index in [2.05, 4.69) is 18.8 Å². The Bertz CT molecular complexity index is 830. The largest absolute Gasteiger partial charge is 0.343 e. The molecule has 0 aliphatic carbocycles. The van der Waals surface area contributed by atoms with Gasteiger partial charge in [-0.05, 0) is 26.0 Å². The summed E-state index contributed by atoms with van der Waals surface area (Å²) in [7, 11) is 3.21. The van der Waals surface area contributed by atoms with Crippen molar-refractivity contribution < 1.29 is 14.0 Å². The normalized spacial score (nSPS) is 10.3. The van der Waals surface area contributed by atoms with E-state index in [-0.39, 0.29) is 34.5 Å². The van der Waals surface area contributed by atoms with Gasteiger partial charge < -0.3 is 9.47 Å². The van der Waals surface area contributed by atoms with Crippen LogP contribution in [0.5, 0.6) is 0 Å². The molecule has 0 atom stereocenters. The highest BCUT2D eigenvalue weighted by Crippen LogP contribution is 2.26. The van der Waals surface area contributed by atoms with Crippen molar-refractivity contribution in [1.29, 1.82) is 0 Å². The second-order valence-electron chi connectivity index (χ2n) is 7.06. The summed E-state index contributed by atoms with van der Waals surface area (Å²) in [5, 5.41) is 0.264. The first-order valence-corrected chi connectivity index (χ1v) is 10.5. The number of imidazole rings is 1. The highest BCUT2D eigenvalue weighted by molar-refractivity contribution is 6.31. The molecule has 1 aromatic carbocycles. The van der Waals surface area contributed by atoms with E-state index in [0.29, 0.717) is 18.8 Å². The standard InChI is InChI=1S/C17H20ClFN4O2.C5H12/c1-5-22(10-24)16-15(17(25)21(3)4)23(11(2)20-16)9-12-13(18)7-6-8-14(12)19;1-3-5-4-2/h6-8,10H,5,9H2,1-4H3;3-5H2,1-2H3. The molecule has 0 radical (unpaired) electrons. The highest BCUT2D eigenvalue weighted by atomic mass is 35.5. The summed E-state index contributed by atoms with van der Waals surface area (Å²) in [6.07, 6.45) is 4.70. The van der Waals surface area contributed by atoms with Crippen molar-refractivity contribution >= 4 is 29.7 Å². The highest BCUT2D eigenvalue weighted by Gasteiger charge is 2.27. The zero-order chi connectivity index (χ0) is 22.8. The van der Waals surface area contributed by atoms with Gasteiger partial charge in [0.2, 0.25) is 6.41 Å². The van der Waals surface area contributed by atoms with Crippen molar-refractivity contribution in [2.45, 2.75) is 53.5 Å². The minimum absolute atomic E-state index is 0.0374. The number of anilines is 1. The lowest BCUT2D eigenvalue weighted by molar-refractivity contribution is -0.107. The summed E-state index contributed by atoms with van der Waals surface area (Å²) in [4.78, 5) is 31.1. The Labute approximate surface area is 183 Å². The van der Waals surface area contributed by atoms with Gasteiger partial charge in [0.15, 0.2) is 11.5 Å². The molecule has 1 heterocycles. The second-order valence-corrected chi connectivity index (χ2v) is 7.47. The Morgan fingerprint density at radius 1 is 1.23 bits per heavy atom. The molecule has 0 spiro atoms. The Hall–Kier alpha value is -2.41. The van der Waals surface area contributed by atoms with Crippen LogP contribution < -0.4 is 4.90 Å². The molecule has 0 bridgehead atoms. The lowest BCUT2D eigenvalue weighted by atomic mass is 10.2. The Kier molecular flexibility index (Phi) is 10.5. The molecule has 0 N–H and O–H groups in total. The molecule has 2 rings (SSSR count). The molecule has 2 amide bonds. The average molecular weight is 439 g/mol. The van der Waals surface area contributed by atoms with Crippen molar-refractivity contribution in [3.8, 4) is 0 Å². The van der Waals surface area contributed by atoms with E-state index in [1.807, 2.05) is 0 Å². The number of carbonyl (C=O) groups excluding carboxylic acids is 2. The van der Waals surface area contributed by atoms with Gasteiger partial charge in [0.25, 0.3) is 5.91 Å². The van der Waals surface area contributed by atoms with E-state index in [9.17, 15) is 14.0 Å². The van der Waals surface area contributed by atoms with Gasteiger partial charge in [-0.1, -0.05) is 50.8 Å². The van der Waals surface area contributed by atoms with Gasteiger partial charge in [-0.2, -0.15) is 0 Å². The first-order valence-electron chi connectivity index (χ1n) is 10.2. The molecule has 0 aliphatic rings. The number of hydrogen-bond donors (Lipinski definition) is 0. The third kappa shape index (κ3) is 6.29. The molecule has 0 saturated heterocycles. The lowest BCUT2D eigenvalue weighted by Crippen LogP contribution is -2.29. The van der Waals surface area contributed by atoms with Crippen LogP contribution in [-0.2, 0) is 11.3 Å². The quantitative estimate of drug-likeness (QED) is 0.550. The van der Waals surface area contributed by atoms with Crippen LogP contribution in [0.4, 0.5) is 10.2 Å². The molecular weight excluding hydrogens is 407 g/mol. The summed E-state index contributed by atoms with van der Waals surface area (Å²) in [6.45, 7) is 8.29. The van der Waals surface area contributed by atoms with Crippen LogP contribution in [0.1, 0.15) is 61.9 Å². The van der Waals surface area contributed by atoms with E-state index in [4.69, 9.17) is 11.6 Å². The number of carbonyl (C=O) groups is 2. The Morgan fingerprint density at radius 2 is 1.87 bits per heavy atom. The van der Waals surface area contributed by atoms with Crippen molar-refractivity contribution in [2.75, 3.05) is 25.5 Å². The maximum absolute atomic E-state index is 14.2. The number of amides is 2. The molecule has 1 aromatic heterocycles. The maximum Gasteiger partial charge on any atom is 0.273 e. The van der Waals surface area contributed by atoms with Crippen LogP contribution in [-0.4, -0.2) is 47.4 Å². The topological polar surface area (TPSA) is 58.4 Å². The van der Waals surface area contributed by atoms with Gasteiger partial charge >= 0.3 is 0 Å². The lowest BCUT2D eigenvalue weighted by Gasteiger charge is -2.18. The SMILES string of the molecule is CCCCC.CCN(C=O)c1nc(C)n(Cc2c(F)cccc2Cl)c1C(=O)N(C)C. The molecule has 0 aliphatic heterocycles. The van der Waals surface area contributed by atoms with E-state index >= 15 is 0 Å². The number of rotatable bonds is 8. The fourth-order valence-corrected chi connectivity index (χ4v) is 3.06. The monoisotopic (exact) mass is 438 g/mol. The molecule has 166 valence electrons. The van der Waals surface area contributed by atoms with Crippen LogP contribution in [0.3, 0.4) is 0 Å². The van der Waals surface area contributed by atoms with Crippen LogP contribution in [0.25, 0.3) is 0 Å². The zero-order valence-electron chi connectivity index (χ0n) is 18.7. The number of nitrogens with zero attached hydrogens (tertiary/aromatic N) is 4. The number of hydrogen-bond acceptors (Lipinski definition) is 3. The minimum Gasteiger partial charge on any atom is -0.343 e. The summed E-state index contributed by atoms with van der Waals surface area (Å²) >= 11 is 6.11. The van der Waals surface area contributed by atoms with E-state index in [0.717, 1.165) is 0 Å². The molecule has 0 fully saturated rings. The number of halogens is 2. The summed E-state index contributed by atoms with van der Waals surface area (Å²) < 4.78 is 15.8. The molecular formula is C22H32ClFN4O2. The molecule has 0 saturated carbocycles. The zero-order valence-corrected chi connectivity index (χ0v) is 19.5. The smallest absolute Gasteiger partial charge is 0.273 e. The number of aryl methyl sites for hydroxylation is 1. The molecule has 0 unspecified atom stereocenters. The number of unbranched alkanes of at least 4 members (excludes halogenated alkanes) is 2. The fourth-order valence-electron chi connectivity index (χ4n) is 2.83. The van der Waals surface area contributed by atoms with Crippen LogP contribution in [0.2, 0.25) is 5.02 Å². The van der Waals surface area contributed by atoms with Crippen molar-refractivity contribution in [2.24, 2.45) is 0 Å². The van der Waals surface area contributed by atoms with Gasteiger partial charge in [0, 0.05) is 31.2 Å². The maximum atomic E-state index is 14.2. The third-order valence-corrected chi connectivity index (χ3v) is 4.93. The van der Waals surface area contributed by atoms with E-state index < -0.39 is 5.82 Å². The second kappa shape index (κ2) is 12.3. The molecule has 2 aromatic rings. The molecule has 8 heteroatoms. The van der Waals surface area contributed by atoms with Crippen molar-refractivity contribution in [1.82, 2.24) is 14.5 Å². The number of aromatic nitrogens is 2. The third-order valence-electron chi connectivity index (χ3n) is 4.57. The summed E-state index contributed by atoms with van der Waals surface area (Å²) in [5.41, 5.74) is 0.481. The van der Waals surface area contributed by atoms with Gasteiger partial charge in [-0.25, -0.2) is 9.37 Å². The summed E-state index contributed by atoms with van der Waals surface area (Å²) in [5.74, 6) is -0.0579. The van der Waals surface area contributed by atoms with Gasteiger partial charge in [-0.15, -0.1) is 0 Å². The van der Waals surface area contributed by atoms with E-state index in [1.54, 1.807) is 38.6 Å². The molecule has 6 nitrogen and oxygen atoms in total. The Morgan fingerprint density at radius 3 is 2.30 bits per heavy atom. The summed E-state index contributed by atoms with van der Waals surface area (Å²) in [6, 6.07) is 4.42. The van der Waals surface area contributed by atoms with Gasteiger partial charge in [0.05, 0.1) is 6.54 Å². The van der Waals surface area contributed by atoms with Crippen LogP contribution >= 0.6 is 11.6 Å². The molecule has 30 heavy (non-hydrogen) atoms. The Balaban J connectivity index is 0.000000804. The average Bonchev–Trinajstić information content (AvgIpc) is 3.02. The number of benzene rings is 1. The van der Waals surface area contributed by atoms with Crippen molar-refractivity contribution in [3.05, 3.63) is 46.1 Å². The fraction of sp³-hybridized carbons (Fsp3) is 0.500. The van der Waals surface area contributed by atoms with Gasteiger partial charge in [0.1, 0.15) is 11.6 Å². The first kappa shape index (κ1) is 25.6. The first-order chi connectivity index (χ1) is 14.2.